The molecule has 1 atom stereocenters. The Morgan fingerprint density at radius 2 is 2.00 bits per heavy atom. The van der Waals surface area contributed by atoms with E-state index in [-0.39, 0.29) is 18.2 Å². The molecule has 2 aromatic rings. The number of aliphatic hydroxyl groups is 1. The summed E-state index contributed by atoms with van der Waals surface area (Å²) in [5.74, 6) is 0.605. The van der Waals surface area contributed by atoms with E-state index < -0.39 is 5.60 Å². The van der Waals surface area contributed by atoms with Gasteiger partial charge in [0.05, 0.1) is 12.7 Å². The van der Waals surface area contributed by atoms with Crippen molar-refractivity contribution in [2.75, 3.05) is 13.7 Å². The quantitative estimate of drug-likeness (QED) is 0.823. The van der Waals surface area contributed by atoms with E-state index >= 15 is 0 Å². The highest BCUT2D eigenvalue weighted by molar-refractivity contribution is 9.10. The Bertz CT molecular complexity index is 634. The number of ether oxygens (including phenoxy) is 1. The van der Waals surface area contributed by atoms with E-state index in [0.29, 0.717) is 11.1 Å². The second kappa shape index (κ2) is 6.98. The van der Waals surface area contributed by atoms with Crippen molar-refractivity contribution in [2.24, 2.45) is 0 Å². The Morgan fingerprint density at radius 1 is 1.32 bits per heavy atom. The van der Waals surface area contributed by atoms with Gasteiger partial charge in [-0.25, -0.2) is 0 Å². The van der Waals surface area contributed by atoms with Crippen LogP contribution in [0, 0.1) is 0 Å². The summed E-state index contributed by atoms with van der Waals surface area (Å²) >= 11 is 3.14. The van der Waals surface area contributed by atoms with E-state index in [0.717, 1.165) is 11.3 Å². The Morgan fingerprint density at radius 3 is 2.55 bits per heavy atom. The summed E-state index contributed by atoms with van der Waals surface area (Å²) in [5.41, 5.74) is -0.102. The summed E-state index contributed by atoms with van der Waals surface area (Å²) in [6.07, 6.45) is 0.416. The van der Waals surface area contributed by atoms with Crippen LogP contribution < -0.4 is 10.1 Å². The highest BCUT2D eigenvalue weighted by Crippen LogP contribution is 2.17. The minimum Gasteiger partial charge on any atom is -0.497 e. The van der Waals surface area contributed by atoms with E-state index in [9.17, 15) is 9.90 Å². The molecule has 118 valence electrons. The average molecular weight is 368 g/mol. The lowest BCUT2D eigenvalue weighted by Gasteiger charge is -2.23. The number of hydrogen-bond donors (Lipinski definition) is 2. The molecule has 6 heteroatoms. The fourth-order valence-electron chi connectivity index (χ4n) is 2.04. The van der Waals surface area contributed by atoms with Crippen molar-refractivity contribution in [3.63, 3.8) is 0 Å². The summed E-state index contributed by atoms with van der Waals surface area (Å²) in [4.78, 5) is 11.9. The second-order valence-corrected chi connectivity index (χ2v) is 6.09. The van der Waals surface area contributed by atoms with Crippen LogP contribution in [0.4, 0.5) is 0 Å². The minimum absolute atomic E-state index is 0.121. The summed E-state index contributed by atoms with van der Waals surface area (Å²) in [7, 11) is 1.60. The lowest BCUT2D eigenvalue weighted by Crippen LogP contribution is -2.42. The van der Waals surface area contributed by atoms with Gasteiger partial charge in [-0.3, -0.25) is 4.79 Å². The summed E-state index contributed by atoms with van der Waals surface area (Å²) in [5, 5.41) is 13.1. The zero-order chi connectivity index (χ0) is 16.2. The van der Waals surface area contributed by atoms with Crippen LogP contribution in [0.25, 0.3) is 0 Å². The van der Waals surface area contributed by atoms with E-state index in [2.05, 4.69) is 21.2 Å². The lowest BCUT2D eigenvalue weighted by atomic mass is 9.96. The molecule has 0 fully saturated rings. The summed E-state index contributed by atoms with van der Waals surface area (Å²) in [6.45, 7) is 1.80. The van der Waals surface area contributed by atoms with Crippen LogP contribution in [0.2, 0.25) is 0 Å². The van der Waals surface area contributed by atoms with Gasteiger partial charge in [-0.2, -0.15) is 0 Å². The van der Waals surface area contributed by atoms with Crippen LogP contribution >= 0.6 is 15.9 Å². The number of hydrogen-bond acceptors (Lipinski definition) is 4. The van der Waals surface area contributed by atoms with E-state index in [1.54, 1.807) is 26.2 Å². The molecular weight excluding hydrogens is 350 g/mol. The second-order valence-electron chi connectivity index (χ2n) is 5.31. The molecule has 1 heterocycles. The number of nitrogens with one attached hydrogen (secondary N) is 1. The van der Waals surface area contributed by atoms with Gasteiger partial charge in [-0.1, -0.05) is 12.1 Å². The number of furan rings is 1. The molecule has 1 aromatic heterocycles. The van der Waals surface area contributed by atoms with Gasteiger partial charge >= 0.3 is 0 Å². The fraction of sp³-hybridized carbons (Fsp3) is 0.312. The van der Waals surface area contributed by atoms with Crippen LogP contribution in [0.15, 0.2) is 45.5 Å². The van der Waals surface area contributed by atoms with E-state index in [1.165, 1.54) is 0 Å². The maximum Gasteiger partial charge on any atom is 0.287 e. The molecule has 0 aliphatic rings. The smallest absolute Gasteiger partial charge is 0.287 e. The summed E-state index contributed by atoms with van der Waals surface area (Å²) in [6, 6.07) is 10.7. The Labute approximate surface area is 137 Å². The zero-order valence-corrected chi connectivity index (χ0v) is 14.0. The Balaban J connectivity index is 1.91. The molecule has 0 aliphatic heterocycles. The molecular formula is C16H18BrNO4. The predicted molar refractivity (Wildman–Crippen MR) is 86.1 cm³/mol. The fourth-order valence-corrected chi connectivity index (χ4v) is 2.35. The van der Waals surface area contributed by atoms with Gasteiger partial charge in [0, 0.05) is 13.0 Å². The van der Waals surface area contributed by atoms with Crippen LogP contribution in [-0.2, 0) is 6.42 Å². The maximum atomic E-state index is 11.9. The first-order valence-electron chi connectivity index (χ1n) is 6.78. The van der Waals surface area contributed by atoms with Crippen molar-refractivity contribution >= 4 is 21.8 Å². The van der Waals surface area contributed by atoms with Gasteiger partial charge in [0.2, 0.25) is 0 Å². The van der Waals surface area contributed by atoms with Crippen molar-refractivity contribution in [2.45, 2.75) is 18.9 Å². The molecule has 0 saturated carbocycles. The normalized spacial score (nSPS) is 13.5. The van der Waals surface area contributed by atoms with Crippen LogP contribution in [0.3, 0.4) is 0 Å². The predicted octanol–water partition coefficient (Wildman–Crippen LogP) is 2.77. The van der Waals surface area contributed by atoms with Crippen molar-refractivity contribution < 1.29 is 19.1 Å². The largest absolute Gasteiger partial charge is 0.497 e. The van der Waals surface area contributed by atoms with Crippen LogP contribution in [0.5, 0.6) is 5.75 Å². The minimum atomic E-state index is -1.06. The highest BCUT2D eigenvalue weighted by atomic mass is 79.9. The van der Waals surface area contributed by atoms with Crippen molar-refractivity contribution in [3.05, 3.63) is 52.4 Å². The van der Waals surface area contributed by atoms with Crippen molar-refractivity contribution in [1.29, 1.82) is 0 Å². The van der Waals surface area contributed by atoms with Crippen LogP contribution in [-0.4, -0.2) is 30.3 Å². The molecule has 0 radical (unpaired) electrons. The summed E-state index contributed by atoms with van der Waals surface area (Å²) < 4.78 is 10.7. The maximum absolute atomic E-state index is 11.9. The van der Waals surface area contributed by atoms with Gasteiger partial charge < -0.3 is 19.6 Å². The Kier molecular flexibility index (Phi) is 5.26. The third-order valence-electron chi connectivity index (χ3n) is 3.17. The van der Waals surface area contributed by atoms with Gasteiger partial charge in [-0.05, 0) is 52.7 Å². The van der Waals surface area contributed by atoms with Crippen molar-refractivity contribution in [3.8, 4) is 5.75 Å². The number of carbonyl (C=O) groups is 1. The Hall–Kier alpha value is -1.79. The highest BCUT2D eigenvalue weighted by Gasteiger charge is 2.23. The zero-order valence-electron chi connectivity index (χ0n) is 12.4. The molecule has 0 aliphatic carbocycles. The third kappa shape index (κ3) is 4.61. The monoisotopic (exact) mass is 367 g/mol. The molecule has 1 amide bonds. The topological polar surface area (TPSA) is 71.7 Å². The molecule has 2 rings (SSSR count). The molecule has 0 saturated heterocycles. The van der Waals surface area contributed by atoms with Gasteiger partial charge in [-0.15, -0.1) is 0 Å². The number of amides is 1. The van der Waals surface area contributed by atoms with Gasteiger partial charge in [0.15, 0.2) is 10.4 Å². The lowest BCUT2D eigenvalue weighted by molar-refractivity contribution is 0.0544. The molecule has 2 N–H and O–H groups in total. The molecule has 22 heavy (non-hydrogen) atoms. The van der Waals surface area contributed by atoms with E-state index in [4.69, 9.17) is 9.15 Å². The molecule has 1 unspecified atom stereocenters. The number of benzene rings is 1. The number of methoxy groups -OCH3 is 1. The molecule has 5 nitrogen and oxygen atoms in total. The first-order valence-corrected chi connectivity index (χ1v) is 7.58. The first-order chi connectivity index (χ1) is 10.4. The molecule has 1 aromatic carbocycles. The van der Waals surface area contributed by atoms with Gasteiger partial charge in [0.1, 0.15) is 5.75 Å². The molecule has 0 spiro atoms. The van der Waals surface area contributed by atoms with Crippen LogP contribution in [0.1, 0.15) is 23.0 Å². The third-order valence-corrected chi connectivity index (χ3v) is 3.60. The number of rotatable bonds is 6. The molecule has 0 bridgehead atoms. The van der Waals surface area contributed by atoms with Gasteiger partial charge in [0.25, 0.3) is 5.91 Å². The van der Waals surface area contributed by atoms with Crippen molar-refractivity contribution in [1.82, 2.24) is 5.32 Å². The SMILES string of the molecule is COc1ccc(CC(C)(O)CNC(=O)c2ccc(Br)o2)cc1. The van der Waals surface area contributed by atoms with E-state index in [1.807, 2.05) is 24.3 Å². The first kappa shape index (κ1) is 16.6. The average Bonchev–Trinajstić information content (AvgIpc) is 2.92. The standard InChI is InChI=1S/C16H18BrNO4/c1-16(20,9-11-3-5-12(21-2)6-4-11)10-18-15(19)13-7-8-14(17)22-13/h3-8,20H,9-10H2,1-2H3,(H,18,19). The number of halogens is 1. The number of carbonyl (C=O) groups excluding carboxylic acids is 1.